The first-order chi connectivity index (χ1) is 9.60. The minimum Gasteiger partial charge on any atom is -0.310 e. The highest BCUT2D eigenvalue weighted by molar-refractivity contribution is 5.33. The molecule has 2 aromatic rings. The Balaban J connectivity index is 2.21. The molecule has 2 rings (SSSR count). The first kappa shape index (κ1) is 14.7. The van der Waals surface area contributed by atoms with Gasteiger partial charge in [0.05, 0.1) is 0 Å². The second-order valence-electron chi connectivity index (χ2n) is 5.28. The molecule has 0 saturated carbocycles. The molecule has 0 aromatic heterocycles. The zero-order valence-electron chi connectivity index (χ0n) is 12.4. The predicted molar refractivity (Wildman–Crippen MR) is 82.4 cm³/mol. The smallest absolute Gasteiger partial charge is 0.123 e. The van der Waals surface area contributed by atoms with E-state index < -0.39 is 0 Å². The zero-order chi connectivity index (χ0) is 14.5. The lowest BCUT2D eigenvalue weighted by Gasteiger charge is -2.19. The van der Waals surface area contributed by atoms with E-state index in [4.69, 9.17) is 0 Å². The van der Waals surface area contributed by atoms with Crippen LogP contribution in [0.2, 0.25) is 0 Å². The van der Waals surface area contributed by atoms with Gasteiger partial charge in [-0.25, -0.2) is 4.39 Å². The SMILES string of the molecule is CCNC(Cc1ccc(F)cc1)c1ccc(C)c(C)c1. The lowest BCUT2D eigenvalue weighted by atomic mass is 9.96. The number of nitrogens with one attached hydrogen (secondary N) is 1. The van der Waals surface area contributed by atoms with Gasteiger partial charge in [-0.2, -0.15) is 0 Å². The maximum atomic E-state index is 13.0. The summed E-state index contributed by atoms with van der Waals surface area (Å²) in [4.78, 5) is 0. The van der Waals surface area contributed by atoms with Crippen LogP contribution in [0, 0.1) is 19.7 Å². The normalized spacial score (nSPS) is 12.4. The van der Waals surface area contributed by atoms with E-state index in [9.17, 15) is 4.39 Å². The Morgan fingerprint density at radius 2 is 1.70 bits per heavy atom. The largest absolute Gasteiger partial charge is 0.310 e. The van der Waals surface area contributed by atoms with E-state index >= 15 is 0 Å². The van der Waals surface area contributed by atoms with Crippen LogP contribution >= 0.6 is 0 Å². The summed E-state index contributed by atoms with van der Waals surface area (Å²) < 4.78 is 13.0. The van der Waals surface area contributed by atoms with Crippen molar-refractivity contribution >= 4 is 0 Å². The van der Waals surface area contributed by atoms with E-state index in [1.54, 1.807) is 0 Å². The van der Waals surface area contributed by atoms with Crippen molar-refractivity contribution in [1.82, 2.24) is 5.32 Å². The number of rotatable bonds is 5. The first-order valence-electron chi connectivity index (χ1n) is 7.15. The van der Waals surface area contributed by atoms with E-state index in [1.807, 2.05) is 12.1 Å². The monoisotopic (exact) mass is 271 g/mol. The Morgan fingerprint density at radius 1 is 1.00 bits per heavy atom. The molecule has 2 heteroatoms. The molecular formula is C18H22FN. The van der Waals surface area contributed by atoms with Crippen LogP contribution in [0.15, 0.2) is 42.5 Å². The van der Waals surface area contributed by atoms with Gasteiger partial charge in [0.25, 0.3) is 0 Å². The summed E-state index contributed by atoms with van der Waals surface area (Å²) in [6, 6.07) is 13.6. The molecule has 0 aliphatic heterocycles. The summed E-state index contributed by atoms with van der Waals surface area (Å²) in [6.07, 6.45) is 0.872. The molecule has 0 saturated heterocycles. The molecule has 106 valence electrons. The molecular weight excluding hydrogens is 249 g/mol. The van der Waals surface area contributed by atoms with Crippen molar-refractivity contribution in [3.63, 3.8) is 0 Å². The molecule has 0 spiro atoms. The highest BCUT2D eigenvalue weighted by atomic mass is 19.1. The zero-order valence-corrected chi connectivity index (χ0v) is 12.4. The third kappa shape index (κ3) is 3.67. The van der Waals surface area contributed by atoms with Gasteiger partial charge in [-0.1, -0.05) is 37.3 Å². The second kappa shape index (κ2) is 6.67. The van der Waals surface area contributed by atoms with Gasteiger partial charge in [-0.05, 0) is 61.2 Å². The molecule has 1 unspecified atom stereocenters. The number of halogens is 1. The van der Waals surface area contributed by atoms with Gasteiger partial charge in [-0.3, -0.25) is 0 Å². The number of likely N-dealkylation sites (N-methyl/N-ethyl adjacent to an activating group) is 1. The topological polar surface area (TPSA) is 12.0 Å². The Morgan fingerprint density at radius 3 is 2.30 bits per heavy atom. The van der Waals surface area contributed by atoms with Gasteiger partial charge in [-0.15, -0.1) is 0 Å². The quantitative estimate of drug-likeness (QED) is 0.853. The Hall–Kier alpha value is -1.67. The molecule has 0 fully saturated rings. The van der Waals surface area contributed by atoms with Gasteiger partial charge in [0.1, 0.15) is 5.82 Å². The van der Waals surface area contributed by atoms with Crippen molar-refractivity contribution in [2.75, 3.05) is 6.54 Å². The number of hydrogen-bond acceptors (Lipinski definition) is 1. The van der Waals surface area contributed by atoms with Gasteiger partial charge in [0, 0.05) is 6.04 Å². The molecule has 1 N–H and O–H groups in total. The molecule has 0 bridgehead atoms. The van der Waals surface area contributed by atoms with E-state index in [0.717, 1.165) is 18.5 Å². The van der Waals surface area contributed by atoms with E-state index in [2.05, 4.69) is 44.3 Å². The lowest BCUT2D eigenvalue weighted by Crippen LogP contribution is -2.23. The van der Waals surface area contributed by atoms with Crippen molar-refractivity contribution in [3.8, 4) is 0 Å². The van der Waals surface area contributed by atoms with Crippen LogP contribution in [0.3, 0.4) is 0 Å². The fraction of sp³-hybridized carbons (Fsp3) is 0.333. The van der Waals surface area contributed by atoms with Gasteiger partial charge >= 0.3 is 0 Å². The molecule has 0 radical (unpaired) electrons. The average molecular weight is 271 g/mol. The minimum atomic E-state index is -0.181. The van der Waals surface area contributed by atoms with Crippen LogP contribution < -0.4 is 5.32 Å². The van der Waals surface area contributed by atoms with Crippen molar-refractivity contribution in [2.45, 2.75) is 33.2 Å². The molecule has 0 amide bonds. The predicted octanol–water partition coefficient (Wildman–Crippen LogP) is 4.34. The van der Waals surface area contributed by atoms with E-state index in [-0.39, 0.29) is 11.9 Å². The van der Waals surface area contributed by atoms with Crippen LogP contribution in [-0.4, -0.2) is 6.54 Å². The van der Waals surface area contributed by atoms with Crippen LogP contribution in [0.25, 0.3) is 0 Å². The molecule has 0 aliphatic rings. The average Bonchev–Trinajstić information content (AvgIpc) is 2.44. The standard InChI is InChI=1S/C18H22FN/c1-4-20-18(12-15-6-9-17(19)10-7-15)16-8-5-13(2)14(3)11-16/h5-11,18,20H,4,12H2,1-3H3. The van der Waals surface area contributed by atoms with Gasteiger partial charge in [0.15, 0.2) is 0 Å². The highest BCUT2D eigenvalue weighted by Crippen LogP contribution is 2.21. The Kier molecular flexibility index (Phi) is 4.91. The first-order valence-corrected chi connectivity index (χ1v) is 7.15. The fourth-order valence-electron chi connectivity index (χ4n) is 2.39. The Labute approximate surface area is 120 Å². The number of aryl methyl sites for hydroxylation is 2. The van der Waals surface area contributed by atoms with E-state index in [0.29, 0.717) is 0 Å². The van der Waals surface area contributed by atoms with E-state index in [1.165, 1.54) is 28.8 Å². The van der Waals surface area contributed by atoms with Crippen molar-refractivity contribution in [2.24, 2.45) is 0 Å². The minimum absolute atomic E-state index is 0.181. The van der Waals surface area contributed by atoms with Crippen molar-refractivity contribution in [1.29, 1.82) is 0 Å². The van der Waals surface area contributed by atoms with Crippen LogP contribution in [0.5, 0.6) is 0 Å². The molecule has 2 aromatic carbocycles. The lowest BCUT2D eigenvalue weighted by molar-refractivity contribution is 0.548. The Bertz CT molecular complexity index is 560. The number of benzene rings is 2. The summed E-state index contributed by atoms with van der Waals surface area (Å²) in [7, 11) is 0. The van der Waals surface area contributed by atoms with Crippen molar-refractivity contribution < 1.29 is 4.39 Å². The van der Waals surface area contributed by atoms with Gasteiger partial charge < -0.3 is 5.32 Å². The third-order valence-electron chi connectivity index (χ3n) is 3.74. The maximum absolute atomic E-state index is 13.0. The van der Waals surface area contributed by atoms with Crippen LogP contribution in [0.4, 0.5) is 4.39 Å². The molecule has 0 aliphatic carbocycles. The number of hydrogen-bond donors (Lipinski definition) is 1. The van der Waals surface area contributed by atoms with Gasteiger partial charge in [0.2, 0.25) is 0 Å². The highest BCUT2D eigenvalue weighted by Gasteiger charge is 2.12. The summed E-state index contributed by atoms with van der Waals surface area (Å²) in [5.74, 6) is -0.181. The molecule has 1 nitrogen and oxygen atoms in total. The van der Waals surface area contributed by atoms with Crippen LogP contribution in [0.1, 0.15) is 35.2 Å². The van der Waals surface area contributed by atoms with Crippen molar-refractivity contribution in [3.05, 3.63) is 70.5 Å². The molecule has 0 heterocycles. The summed E-state index contributed by atoms with van der Waals surface area (Å²) in [5.41, 5.74) is 5.06. The summed E-state index contributed by atoms with van der Waals surface area (Å²) in [5, 5.41) is 3.51. The molecule has 1 atom stereocenters. The third-order valence-corrected chi connectivity index (χ3v) is 3.74. The molecule has 20 heavy (non-hydrogen) atoms. The fourth-order valence-corrected chi connectivity index (χ4v) is 2.39. The summed E-state index contributed by atoms with van der Waals surface area (Å²) >= 11 is 0. The summed E-state index contributed by atoms with van der Waals surface area (Å²) in [6.45, 7) is 7.29. The van der Waals surface area contributed by atoms with Crippen LogP contribution in [-0.2, 0) is 6.42 Å². The maximum Gasteiger partial charge on any atom is 0.123 e. The second-order valence-corrected chi connectivity index (χ2v) is 5.28.